The molecule has 0 atom stereocenters. The zero-order chi connectivity index (χ0) is 6.69. The zero-order valence-corrected chi connectivity index (χ0v) is 4.85. The lowest BCUT2D eigenvalue weighted by Crippen LogP contribution is -2.29. The number of carbonyl (C=O) groups excluding carboxylic acids is 2. The molecule has 1 heterocycles. The second kappa shape index (κ2) is 2.59. The predicted octanol–water partition coefficient (Wildman–Crippen LogP) is -0.951. The van der Waals surface area contributed by atoms with Gasteiger partial charge in [0.1, 0.15) is 6.61 Å². The Morgan fingerprint density at radius 3 is 2.89 bits per heavy atom. The molecule has 0 aromatic rings. The summed E-state index contributed by atoms with van der Waals surface area (Å²) < 4.78 is 4.74. The largest absolute Gasteiger partial charge is 0.371 e. The summed E-state index contributed by atoms with van der Waals surface area (Å²) in [6.45, 7) is 0.351. The van der Waals surface area contributed by atoms with Crippen molar-refractivity contribution in [3.8, 4) is 0 Å². The van der Waals surface area contributed by atoms with E-state index in [0.29, 0.717) is 6.61 Å². The number of hydrogen-bond acceptors (Lipinski definition) is 3. The van der Waals surface area contributed by atoms with E-state index in [1.807, 2.05) is 0 Å². The molecular weight excluding hydrogens is 122 g/mol. The van der Waals surface area contributed by atoms with Crippen molar-refractivity contribution in [1.29, 1.82) is 0 Å². The number of carbonyl (C=O) groups is 2. The Morgan fingerprint density at radius 2 is 2.11 bits per heavy atom. The molecule has 9 heavy (non-hydrogen) atoms. The lowest BCUT2D eigenvalue weighted by molar-refractivity contribution is -0.129. The maximum atomic E-state index is 10.5. The van der Waals surface area contributed by atoms with Crippen LogP contribution in [0.5, 0.6) is 0 Å². The van der Waals surface area contributed by atoms with E-state index >= 15 is 0 Å². The van der Waals surface area contributed by atoms with Crippen LogP contribution in [0.2, 0.25) is 0 Å². The first-order chi connectivity index (χ1) is 4.29. The van der Waals surface area contributed by atoms with E-state index in [4.69, 9.17) is 4.74 Å². The fourth-order valence-electron chi connectivity index (χ4n) is 0.584. The summed E-state index contributed by atoms with van der Waals surface area (Å²) in [5, 5.41) is 2.14. The van der Waals surface area contributed by atoms with Crippen LogP contribution in [0.1, 0.15) is 6.42 Å². The van der Waals surface area contributed by atoms with Crippen LogP contribution in [0.4, 0.5) is 0 Å². The van der Waals surface area contributed by atoms with Crippen LogP contribution < -0.4 is 5.32 Å². The van der Waals surface area contributed by atoms with Gasteiger partial charge in [0.05, 0.1) is 13.0 Å². The van der Waals surface area contributed by atoms with Crippen LogP contribution in [0.15, 0.2) is 0 Å². The first kappa shape index (κ1) is 6.22. The maximum Gasteiger partial charge on any atom is 0.252 e. The van der Waals surface area contributed by atoms with E-state index in [1.54, 1.807) is 0 Å². The molecule has 2 amide bonds. The van der Waals surface area contributed by atoms with Crippen molar-refractivity contribution >= 4 is 11.8 Å². The summed E-state index contributed by atoms with van der Waals surface area (Å²) in [5.41, 5.74) is 0. The lowest BCUT2D eigenvalue weighted by Gasteiger charge is -1.92. The van der Waals surface area contributed by atoms with Crippen molar-refractivity contribution in [3.05, 3.63) is 0 Å². The van der Waals surface area contributed by atoms with Gasteiger partial charge in [-0.2, -0.15) is 0 Å². The van der Waals surface area contributed by atoms with E-state index < -0.39 is 0 Å². The number of rotatable bonds is 0. The molecule has 0 unspecified atom stereocenters. The number of ether oxygens (including phenoxy) is 1. The third-order valence-electron chi connectivity index (χ3n) is 0.985. The number of imide groups is 1. The molecule has 0 aromatic carbocycles. The van der Waals surface area contributed by atoms with Crippen molar-refractivity contribution in [3.63, 3.8) is 0 Å². The van der Waals surface area contributed by atoms with E-state index in [0.717, 1.165) is 0 Å². The highest BCUT2D eigenvalue weighted by Gasteiger charge is 2.11. The van der Waals surface area contributed by atoms with Crippen molar-refractivity contribution in [2.75, 3.05) is 13.2 Å². The molecule has 1 N–H and O–H groups in total. The first-order valence-corrected chi connectivity index (χ1v) is 2.69. The molecule has 1 aliphatic rings. The van der Waals surface area contributed by atoms with Crippen molar-refractivity contribution < 1.29 is 14.3 Å². The van der Waals surface area contributed by atoms with Gasteiger partial charge in [-0.05, 0) is 0 Å². The summed E-state index contributed by atoms with van der Waals surface area (Å²) in [7, 11) is 0. The Labute approximate surface area is 52.2 Å². The normalized spacial score (nSPS) is 20.9. The molecule has 0 aliphatic carbocycles. The molecule has 0 spiro atoms. The van der Waals surface area contributed by atoms with Crippen LogP contribution in [-0.2, 0) is 14.3 Å². The highest BCUT2D eigenvalue weighted by Crippen LogP contribution is 1.88. The van der Waals surface area contributed by atoms with Gasteiger partial charge < -0.3 is 4.74 Å². The van der Waals surface area contributed by atoms with Gasteiger partial charge in [-0.3, -0.25) is 14.9 Å². The van der Waals surface area contributed by atoms with Gasteiger partial charge in [0.25, 0.3) is 5.91 Å². The topological polar surface area (TPSA) is 55.4 Å². The van der Waals surface area contributed by atoms with Gasteiger partial charge in [0.2, 0.25) is 5.91 Å². The molecule has 50 valence electrons. The summed E-state index contributed by atoms with van der Waals surface area (Å²) in [4.78, 5) is 20.9. The Hall–Kier alpha value is -0.900. The molecule has 1 rings (SSSR count). The molecular formula is C5H7NO3. The monoisotopic (exact) mass is 129 g/mol. The molecule has 0 aromatic heterocycles. The summed E-state index contributed by atoms with van der Waals surface area (Å²) >= 11 is 0. The lowest BCUT2D eigenvalue weighted by atomic mass is 10.4. The van der Waals surface area contributed by atoms with Crippen LogP contribution in [-0.4, -0.2) is 25.0 Å². The fourth-order valence-corrected chi connectivity index (χ4v) is 0.584. The quantitative estimate of drug-likeness (QED) is 0.429. The summed E-state index contributed by atoms with van der Waals surface area (Å²) in [6.07, 6.45) is 0.283. The molecule has 0 radical (unpaired) electrons. The average Bonchev–Trinajstić information content (AvgIpc) is 1.93. The number of nitrogens with one attached hydrogen (secondary N) is 1. The van der Waals surface area contributed by atoms with E-state index in [9.17, 15) is 9.59 Å². The van der Waals surface area contributed by atoms with Gasteiger partial charge in [0.15, 0.2) is 0 Å². The highest BCUT2D eigenvalue weighted by atomic mass is 16.5. The van der Waals surface area contributed by atoms with Crippen LogP contribution >= 0.6 is 0 Å². The minimum Gasteiger partial charge on any atom is -0.371 e. The third kappa shape index (κ3) is 1.81. The second-order valence-electron chi connectivity index (χ2n) is 1.77. The Morgan fingerprint density at radius 1 is 1.33 bits per heavy atom. The first-order valence-electron chi connectivity index (χ1n) is 2.69. The van der Waals surface area contributed by atoms with E-state index in [2.05, 4.69) is 5.32 Å². The average molecular weight is 129 g/mol. The molecule has 1 fully saturated rings. The summed E-state index contributed by atoms with van der Waals surface area (Å²) in [5.74, 6) is -0.602. The SMILES string of the molecule is O=C1CCOCC(=O)N1. The van der Waals surface area contributed by atoms with E-state index in [-0.39, 0.29) is 24.8 Å². The van der Waals surface area contributed by atoms with Crippen molar-refractivity contribution in [2.45, 2.75) is 6.42 Å². The van der Waals surface area contributed by atoms with Gasteiger partial charge >= 0.3 is 0 Å². The molecule has 4 heteroatoms. The molecule has 1 saturated heterocycles. The fraction of sp³-hybridized carbons (Fsp3) is 0.600. The standard InChI is InChI=1S/C5H7NO3/c7-4-1-2-9-3-5(8)6-4/h1-3H2,(H,6,7,8). The maximum absolute atomic E-state index is 10.5. The molecule has 4 nitrogen and oxygen atoms in total. The van der Waals surface area contributed by atoms with Crippen LogP contribution in [0.25, 0.3) is 0 Å². The van der Waals surface area contributed by atoms with Crippen LogP contribution in [0, 0.1) is 0 Å². The van der Waals surface area contributed by atoms with Crippen molar-refractivity contribution in [2.24, 2.45) is 0 Å². The Balaban J connectivity index is 2.47. The Bertz CT molecular complexity index is 127. The third-order valence-corrected chi connectivity index (χ3v) is 0.985. The van der Waals surface area contributed by atoms with Crippen LogP contribution in [0.3, 0.4) is 0 Å². The van der Waals surface area contributed by atoms with Gasteiger partial charge in [-0.15, -0.1) is 0 Å². The zero-order valence-electron chi connectivity index (χ0n) is 4.85. The minimum atomic E-state index is -0.350. The summed E-state index contributed by atoms with van der Waals surface area (Å²) in [6, 6.07) is 0. The Kier molecular flexibility index (Phi) is 1.79. The molecule has 0 saturated carbocycles. The van der Waals surface area contributed by atoms with Gasteiger partial charge in [-0.25, -0.2) is 0 Å². The smallest absolute Gasteiger partial charge is 0.252 e. The van der Waals surface area contributed by atoms with Gasteiger partial charge in [0, 0.05) is 0 Å². The van der Waals surface area contributed by atoms with Crippen molar-refractivity contribution in [1.82, 2.24) is 5.32 Å². The second-order valence-corrected chi connectivity index (χ2v) is 1.77. The van der Waals surface area contributed by atoms with Gasteiger partial charge in [-0.1, -0.05) is 0 Å². The number of hydrogen-bond donors (Lipinski definition) is 1. The predicted molar refractivity (Wildman–Crippen MR) is 28.6 cm³/mol. The highest BCUT2D eigenvalue weighted by molar-refractivity contribution is 5.96. The molecule has 1 aliphatic heterocycles. The molecule has 0 bridgehead atoms. The number of amides is 2. The van der Waals surface area contributed by atoms with E-state index in [1.165, 1.54) is 0 Å². The minimum absolute atomic E-state index is 0.00569.